The minimum atomic E-state index is -3.87. The van der Waals surface area contributed by atoms with Crippen molar-refractivity contribution in [3.63, 3.8) is 0 Å². The smallest absolute Gasteiger partial charge is 0.358 e. The zero-order chi connectivity index (χ0) is 17.0. The SMILES string of the molecule is CCOP(=O)(O)c1cccc(Nc2ccc([N+](=O)[O-])cc2N)c1. The van der Waals surface area contributed by atoms with Crippen molar-refractivity contribution < 1.29 is 18.9 Å². The lowest BCUT2D eigenvalue weighted by Crippen LogP contribution is -2.08. The summed E-state index contributed by atoms with van der Waals surface area (Å²) in [6, 6.07) is 10.3. The minimum absolute atomic E-state index is 0.112. The van der Waals surface area contributed by atoms with E-state index < -0.39 is 12.5 Å². The third-order valence-corrected chi connectivity index (χ3v) is 4.54. The van der Waals surface area contributed by atoms with Gasteiger partial charge in [0.15, 0.2) is 0 Å². The first-order chi connectivity index (χ1) is 10.8. The number of non-ortho nitro benzene ring substituents is 1. The largest absolute Gasteiger partial charge is 0.397 e. The Hall–Kier alpha value is -2.41. The molecule has 2 aromatic rings. The Balaban J connectivity index is 2.28. The van der Waals surface area contributed by atoms with Gasteiger partial charge in [0.25, 0.3) is 5.69 Å². The molecule has 4 N–H and O–H groups in total. The third-order valence-electron chi connectivity index (χ3n) is 3.00. The molecule has 0 amide bonds. The summed E-state index contributed by atoms with van der Waals surface area (Å²) in [7, 11) is -3.87. The molecule has 0 heterocycles. The summed E-state index contributed by atoms with van der Waals surface area (Å²) in [4.78, 5) is 20.0. The highest BCUT2D eigenvalue weighted by Crippen LogP contribution is 2.41. The maximum absolute atomic E-state index is 12.0. The van der Waals surface area contributed by atoms with E-state index in [-0.39, 0.29) is 23.3 Å². The van der Waals surface area contributed by atoms with Gasteiger partial charge in [0.05, 0.1) is 28.2 Å². The molecule has 0 spiro atoms. The van der Waals surface area contributed by atoms with Crippen molar-refractivity contribution in [1.29, 1.82) is 0 Å². The summed E-state index contributed by atoms with van der Waals surface area (Å²) in [5.74, 6) is 0. The fourth-order valence-corrected chi connectivity index (χ4v) is 3.02. The van der Waals surface area contributed by atoms with E-state index in [2.05, 4.69) is 5.32 Å². The second-order valence-electron chi connectivity index (χ2n) is 4.64. The molecule has 1 atom stereocenters. The molecule has 0 bridgehead atoms. The minimum Gasteiger partial charge on any atom is -0.397 e. The summed E-state index contributed by atoms with van der Waals surface area (Å²) < 4.78 is 16.9. The van der Waals surface area contributed by atoms with E-state index in [1.807, 2.05) is 0 Å². The van der Waals surface area contributed by atoms with Crippen LogP contribution in [0.3, 0.4) is 0 Å². The second kappa shape index (κ2) is 6.78. The van der Waals surface area contributed by atoms with E-state index in [4.69, 9.17) is 10.3 Å². The van der Waals surface area contributed by atoms with Gasteiger partial charge in [-0.25, -0.2) is 0 Å². The summed E-state index contributed by atoms with van der Waals surface area (Å²) in [5, 5.41) is 13.8. The molecule has 23 heavy (non-hydrogen) atoms. The predicted octanol–water partition coefficient (Wildman–Crippen LogP) is 2.77. The number of hydrogen-bond acceptors (Lipinski definition) is 6. The molecule has 0 fully saturated rings. The summed E-state index contributed by atoms with van der Waals surface area (Å²) in [6.07, 6.45) is 0. The van der Waals surface area contributed by atoms with Gasteiger partial charge < -0.3 is 20.5 Å². The monoisotopic (exact) mass is 337 g/mol. The van der Waals surface area contributed by atoms with Crippen LogP contribution in [0.15, 0.2) is 42.5 Å². The Labute approximate surface area is 132 Å². The second-order valence-corrected chi connectivity index (χ2v) is 6.46. The van der Waals surface area contributed by atoms with Gasteiger partial charge in [-0.2, -0.15) is 0 Å². The third kappa shape index (κ3) is 4.07. The van der Waals surface area contributed by atoms with Crippen molar-refractivity contribution in [2.75, 3.05) is 17.7 Å². The first kappa shape index (κ1) is 17.0. The van der Waals surface area contributed by atoms with Gasteiger partial charge in [-0.15, -0.1) is 0 Å². The van der Waals surface area contributed by atoms with Crippen LogP contribution in [-0.2, 0) is 9.09 Å². The maximum Gasteiger partial charge on any atom is 0.358 e. The number of anilines is 3. The standard InChI is InChI=1S/C14H16N3O5P/c1-2-22-23(20,21)12-5-3-4-10(8-12)16-14-7-6-11(17(18)19)9-13(14)15/h3-9,16H,2,15H2,1H3,(H,20,21). The lowest BCUT2D eigenvalue weighted by atomic mass is 10.2. The first-order valence-electron chi connectivity index (χ1n) is 6.72. The summed E-state index contributed by atoms with van der Waals surface area (Å²) in [5.41, 5.74) is 6.83. The van der Waals surface area contributed by atoms with Gasteiger partial charge in [-0.05, 0) is 31.2 Å². The number of nitrogens with two attached hydrogens (primary N) is 1. The zero-order valence-electron chi connectivity index (χ0n) is 12.3. The molecule has 0 aliphatic carbocycles. The molecule has 0 saturated carbocycles. The molecule has 122 valence electrons. The van der Waals surface area contributed by atoms with Gasteiger partial charge in [-0.1, -0.05) is 6.07 Å². The van der Waals surface area contributed by atoms with Crippen LogP contribution >= 0.6 is 7.60 Å². The van der Waals surface area contributed by atoms with E-state index in [0.29, 0.717) is 11.4 Å². The summed E-state index contributed by atoms with van der Waals surface area (Å²) >= 11 is 0. The molecular weight excluding hydrogens is 321 g/mol. The van der Waals surface area contributed by atoms with Crippen LogP contribution in [0.1, 0.15) is 6.92 Å². The zero-order valence-corrected chi connectivity index (χ0v) is 13.2. The van der Waals surface area contributed by atoms with Crippen LogP contribution in [0.5, 0.6) is 0 Å². The molecular formula is C14H16N3O5P. The molecule has 2 aromatic carbocycles. The number of benzene rings is 2. The summed E-state index contributed by atoms with van der Waals surface area (Å²) in [6.45, 7) is 1.74. The van der Waals surface area contributed by atoms with Crippen LogP contribution in [0.25, 0.3) is 0 Å². The highest BCUT2D eigenvalue weighted by Gasteiger charge is 2.22. The van der Waals surface area contributed by atoms with E-state index in [0.717, 1.165) is 0 Å². The van der Waals surface area contributed by atoms with Gasteiger partial charge >= 0.3 is 7.60 Å². The fourth-order valence-electron chi connectivity index (χ4n) is 1.94. The Kier molecular flexibility index (Phi) is 5.00. The van der Waals surface area contributed by atoms with E-state index in [1.54, 1.807) is 19.1 Å². The van der Waals surface area contributed by atoms with Crippen LogP contribution in [-0.4, -0.2) is 16.4 Å². The van der Waals surface area contributed by atoms with Crippen LogP contribution in [0.2, 0.25) is 0 Å². The van der Waals surface area contributed by atoms with Crippen molar-refractivity contribution >= 4 is 35.6 Å². The van der Waals surface area contributed by atoms with Gasteiger partial charge in [0.1, 0.15) is 0 Å². The number of nitrogens with zero attached hydrogens (tertiary/aromatic N) is 1. The van der Waals surface area contributed by atoms with E-state index in [9.17, 15) is 19.6 Å². The highest BCUT2D eigenvalue weighted by molar-refractivity contribution is 7.61. The van der Waals surface area contributed by atoms with Crippen molar-refractivity contribution in [2.45, 2.75) is 6.92 Å². The number of nitrogen functional groups attached to an aromatic ring is 1. The average molecular weight is 337 g/mol. The Morgan fingerprint density at radius 3 is 2.70 bits per heavy atom. The average Bonchev–Trinajstić information content (AvgIpc) is 2.49. The van der Waals surface area contributed by atoms with E-state index in [1.165, 1.54) is 30.3 Å². The molecule has 9 heteroatoms. The first-order valence-corrected chi connectivity index (χ1v) is 8.30. The van der Waals surface area contributed by atoms with Gasteiger partial charge in [-0.3, -0.25) is 14.7 Å². The lowest BCUT2D eigenvalue weighted by Gasteiger charge is -2.13. The number of nitrogens with one attached hydrogen (secondary N) is 1. The Bertz CT molecular complexity index is 781. The van der Waals surface area contributed by atoms with Gasteiger partial charge in [0.2, 0.25) is 0 Å². The number of nitro benzene ring substituents is 1. The lowest BCUT2D eigenvalue weighted by molar-refractivity contribution is -0.384. The van der Waals surface area contributed by atoms with Crippen LogP contribution in [0, 0.1) is 10.1 Å². The number of hydrogen-bond donors (Lipinski definition) is 3. The maximum atomic E-state index is 12.0. The molecule has 0 aliphatic heterocycles. The molecule has 1 unspecified atom stereocenters. The molecule has 2 rings (SSSR count). The number of nitro groups is 1. The van der Waals surface area contributed by atoms with Crippen LogP contribution in [0.4, 0.5) is 22.7 Å². The topological polar surface area (TPSA) is 128 Å². The van der Waals surface area contributed by atoms with Crippen molar-refractivity contribution in [3.8, 4) is 0 Å². The number of rotatable bonds is 6. The van der Waals surface area contributed by atoms with Crippen LogP contribution < -0.4 is 16.4 Å². The molecule has 0 aliphatic rings. The van der Waals surface area contributed by atoms with Crippen molar-refractivity contribution in [1.82, 2.24) is 0 Å². The molecule has 0 saturated heterocycles. The van der Waals surface area contributed by atoms with E-state index >= 15 is 0 Å². The predicted molar refractivity (Wildman–Crippen MR) is 88.3 cm³/mol. The Morgan fingerprint density at radius 1 is 1.35 bits per heavy atom. The normalized spacial score (nSPS) is 13.3. The van der Waals surface area contributed by atoms with Gasteiger partial charge in [0, 0.05) is 17.8 Å². The quantitative estimate of drug-likeness (QED) is 0.320. The highest BCUT2D eigenvalue weighted by atomic mass is 31.2. The molecule has 0 aromatic heterocycles. The fraction of sp³-hybridized carbons (Fsp3) is 0.143. The van der Waals surface area contributed by atoms with Crippen molar-refractivity contribution in [3.05, 3.63) is 52.6 Å². The Morgan fingerprint density at radius 2 is 2.09 bits per heavy atom. The molecule has 0 radical (unpaired) electrons. The molecule has 8 nitrogen and oxygen atoms in total. The van der Waals surface area contributed by atoms with Crippen molar-refractivity contribution in [2.24, 2.45) is 0 Å².